The van der Waals surface area contributed by atoms with Crippen LogP contribution >= 0.6 is 0 Å². The van der Waals surface area contributed by atoms with Crippen LogP contribution in [0.4, 0.5) is 11.4 Å². The molecule has 2 heterocycles. The molecule has 0 spiro atoms. The van der Waals surface area contributed by atoms with E-state index in [1.807, 2.05) is 24.3 Å². The standard InChI is InChI=1S/C32H29NO2/c1-31(2)14-15-32(3,4)24-18-29-22(17-23(24)31)20-13-12-19(16-28(20)35-29)33-25-9-7-11-27-30(25)21-8-5-6-10-26(21)34-27/h5-13,16-18,33H,14-15H2,1-4H3. The van der Waals surface area contributed by atoms with Crippen molar-refractivity contribution in [1.82, 2.24) is 0 Å². The minimum atomic E-state index is 0.163. The van der Waals surface area contributed by atoms with Crippen LogP contribution in [-0.4, -0.2) is 0 Å². The summed E-state index contributed by atoms with van der Waals surface area (Å²) in [5.74, 6) is 0. The summed E-state index contributed by atoms with van der Waals surface area (Å²) in [7, 11) is 0. The zero-order valence-electron chi connectivity index (χ0n) is 20.7. The molecule has 3 nitrogen and oxygen atoms in total. The van der Waals surface area contributed by atoms with E-state index in [-0.39, 0.29) is 10.8 Å². The Morgan fingerprint density at radius 2 is 1.29 bits per heavy atom. The fourth-order valence-corrected chi connectivity index (χ4v) is 5.95. The number of para-hydroxylation sites is 1. The summed E-state index contributed by atoms with van der Waals surface area (Å²) in [6.07, 6.45) is 2.40. The van der Waals surface area contributed by atoms with Gasteiger partial charge in [-0.05, 0) is 77.3 Å². The lowest BCUT2D eigenvalue weighted by Gasteiger charge is -2.41. The van der Waals surface area contributed by atoms with E-state index >= 15 is 0 Å². The lowest BCUT2D eigenvalue weighted by molar-refractivity contribution is 0.332. The smallest absolute Gasteiger partial charge is 0.137 e. The van der Waals surface area contributed by atoms with Crippen molar-refractivity contribution in [2.24, 2.45) is 0 Å². The van der Waals surface area contributed by atoms with Gasteiger partial charge in [-0.3, -0.25) is 0 Å². The number of hydrogen-bond donors (Lipinski definition) is 1. The highest BCUT2D eigenvalue weighted by molar-refractivity contribution is 6.12. The van der Waals surface area contributed by atoms with E-state index in [1.54, 1.807) is 0 Å². The summed E-state index contributed by atoms with van der Waals surface area (Å²) >= 11 is 0. The average molecular weight is 460 g/mol. The van der Waals surface area contributed by atoms with E-state index in [2.05, 4.69) is 81.5 Å². The molecule has 0 saturated carbocycles. The molecular formula is C32H29NO2. The molecule has 0 saturated heterocycles. The van der Waals surface area contributed by atoms with Crippen molar-refractivity contribution < 1.29 is 8.83 Å². The number of benzene rings is 4. The van der Waals surface area contributed by atoms with Gasteiger partial charge in [0.05, 0.1) is 11.1 Å². The van der Waals surface area contributed by atoms with Crippen LogP contribution in [0.25, 0.3) is 43.9 Å². The Balaban J connectivity index is 1.36. The maximum Gasteiger partial charge on any atom is 0.137 e. The van der Waals surface area contributed by atoms with Gasteiger partial charge in [0.25, 0.3) is 0 Å². The zero-order chi connectivity index (χ0) is 23.9. The Kier molecular flexibility index (Phi) is 4.08. The second-order valence-electron chi connectivity index (χ2n) is 11.4. The average Bonchev–Trinajstić information content (AvgIpc) is 3.39. The lowest BCUT2D eigenvalue weighted by atomic mass is 9.63. The first-order chi connectivity index (χ1) is 16.8. The molecule has 1 N–H and O–H groups in total. The number of anilines is 2. The third kappa shape index (κ3) is 3.04. The van der Waals surface area contributed by atoms with Crippen LogP contribution in [0.5, 0.6) is 0 Å². The fraction of sp³-hybridized carbons (Fsp3) is 0.250. The van der Waals surface area contributed by atoms with Crippen LogP contribution in [0.15, 0.2) is 81.6 Å². The van der Waals surface area contributed by atoms with Gasteiger partial charge in [0.2, 0.25) is 0 Å². The van der Waals surface area contributed by atoms with E-state index < -0.39 is 0 Å². The predicted octanol–water partition coefficient (Wildman–Crippen LogP) is 9.58. The first kappa shape index (κ1) is 20.6. The molecule has 174 valence electrons. The van der Waals surface area contributed by atoms with Gasteiger partial charge >= 0.3 is 0 Å². The second-order valence-corrected chi connectivity index (χ2v) is 11.4. The molecule has 35 heavy (non-hydrogen) atoms. The van der Waals surface area contributed by atoms with Crippen molar-refractivity contribution in [1.29, 1.82) is 0 Å². The van der Waals surface area contributed by atoms with Crippen molar-refractivity contribution in [3.05, 3.63) is 83.9 Å². The normalized spacial score (nSPS) is 16.8. The number of hydrogen-bond acceptors (Lipinski definition) is 3. The third-order valence-electron chi connectivity index (χ3n) is 8.13. The fourth-order valence-electron chi connectivity index (χ4n) is 5.95. The molecule has 0 unspecified atom stereocenters. The SMILES string of the molecule is CC1(C)CCC(C)(C)c2cc3c(cc21)oc1cc(Nc2cccc4oc5ccccc5c24)ccc13. The molecule has 2 aromatic heterocycles. The number of furan rings is 2. The predicted molar refractivity (Wildman–Crippen MR) is 146 cm³/mol. The van der Waals surface area contributed by atoms with Gasteiger partial charge < -0.3 is 14.2 Å². The maximum absolute atomic E-state index is 6.44. The Bertz CT molecular complexity index is 1780. The Hall–Kier alpha value is -3.72. The van der Waals surface area contributed by atoms with Crippen LogP contribution in [-0.2, 0) is 10.8 Å². The van der Waals surface area contributed by atoms with Crippen molar-refractivity contribution in [3.8, 4) is 0 Å². The highest BCUT2D eigenvalue weighted by atomic mass is 16.3. The zero-order valence-corrected chi connectivity index (χ0v) is 20.7. The Morgan fingerprint density at radius 3 is 2.11 bits per heavy atom. The van der Waals surface area contributed by atoms with Crippen LogP contribution in [0.2, 0.25) is 0 Å². The molecule has 0 bridgehead atoms. The summed E-state index contributed by atoms with van der Waals surface area (Å²) in [5, 5.41) is 8.22. The molecule has 6 aromatic rings. The van der Waals surface area contributed by atoms with Gasteiger partial charge in [-0.1, -0.05) is 52.0 Å². The summed E-state index contributed by atoms with van der Waals surface area (Å²) in [5.41, 5.74) is 8.93. The summed E-state index contributed by atoms with van der Waals surface area (Å²) in [6.45, 7) is 9.46. The molecule has 3 heteroatoms. The van der Waals surface area contributed by atoms with Crippen LogP contribution < -0.4 is 5.32 Å². The summed E-state index contributed by atoms with van der Waals surface area (Å²) in [6, 6.07) is 25.5. The first-order valence-corrected chi connectivity index (χ1v) is 12.5. The molecular weight excluding hydrogens is 430 g/mol. The largest absolute Gasteiger partial charge is 0.456 e. The van der Waals surface area contributed by atoms with Crippen LogP contribution in [0, 0.1) is 0 Å². The Morgan fingerprint density at radius 1 is 0.600 bits per heavy atom. The van der Waals surface area contributed by atoms with E-state index in [0.29, 0.717) is 0 Å². The maximum atomic E-state index is 6.44. The first-order valence-electron chi connectivity index (χ1n) is 12.5. The minimum absolute atomic E-state index is 0.163. The molecule has 0 radical (unpaired) electrons. The third-order valence-corrected chi connectivity index (χ3v) is 8.13. The number of rotatable bonds is 2. The summed E-state index contributed by atoms with van der Waals surface area (Å²) < 4.78 is 12.5. The number of nitrogens with one attached hydrogen (secondary N) is 1. The van der Waals surface area contributed by atoms with Crippen LogP contribution in [0.3, 0.4) is 0 Å². The topological polar surface area (TPSA) is 38.3 Å². The highest BCUT2D eigenvalue weighted by Gasteiger charge is 2.37. The number of fused-ring (bicyclic) bond motifs is 7. The van der Waals surface area contributed by atoms with Gasteiger partial charge in [0, 0.05) is 27.9 Å². The van der Waals surface area contributed by atoms with Crippen LogP contribution in [0.1, 0.15) is 51.7 Å². The second kappa shape index (κ2) is 6.91. The van der Waals surface area contributed by atoms with Crippen molar-refractivity contribution in [2.45, 2.75) is 51.4 Å². The molecule has 1 aliphatic rings. The van der Waals surface area contributed by atoms with Gasteiger partial charge in [0.15, 0.2) is 0 Å². The van der Waals surface area contributed by atoms with Gasteiger partial charge in [-0.2, -0.15) is 0 Å². The van der Waals surface area contributed by atoms with Crippen molar-refractivity contribution >= 4 is 55.3 Å². The van der Waals surface area contributed by atoms with Gasteiger partial charge in [0.1, 0.15) is 22.3 Å². The van der Waals surface area contributed by atoms with E-state index in [0.717, 1.165) is 44.5 Å². The van der Waals surface area contributed by atoms with Crippen molar-refractivity contribution in [2.75, 3.05) is 5.32 Å². The molecule has 0 amide bonds. The molecule has 0 atom stereocenters. The van der Waals surface area contributed by atoms with Gasteiger partial charge in [-0.25, -0.2) is 0 Å². The summed E-state index contributed by atoms with van der Waals surface area (Å²) in [4.78, 5) is 0. The molecule has 4 aromatic carbocycles. The highest BCUT2D eigenvalue weighted by Crippen LogP contribution is 2.48. The lowest BCUT2D eigenvalue weighted by Crippen LogP contribution is -2.33. The molecule has 7 rings (SSSR count). The monoisotopic (exact) mass is 459 g/mol. The van der Waals surface area contributed by atoms with E-state index in [4.69, 9.17) is 8.83 Å². The quantitative estimate of drug-likeness (QED) is 0.280. The van der Waals surface area contributed by atoms with E-state index in [9.17, 15) is 0 Å². The molecule has 0 aliphatic heterocycles. The minimum Gasteiger partial charge on any atom is -0.456 e. The molecule has 1 aliphatic carbocycles. The van der Waals surface area contributed by atoms with E-state index in [1.165, 1.54) is 34.7 Å². The van der Waals surface area contributed by atoms with Gasteiger partial charge in [-0.15, -0.1) is 0 Å². The van der Waals surface area contributed by atoms with Crippen molar-refractivity contribution in [3.63, 3.8) is 0 Å². The Labute approximate surface area is 204 Å². The molecule has 0 fully saturated rings.